The van der Waals surface area contributed by atoms with Crippen molar-refractivity contribution in [2.24, 2.45) is 0 Å². The van der Waals surface area contributed by atoms with Gasteiger partial charge < -0.3 is 9.84 Å². The molecule has 0 aromatic rings. The molecule has 6 nitrogen and oxygen atoms in total. The molecule has 0 rings (SSSR count). The summed E-state index contributed by atoms with van der Waals surface area (Å²) in [5.41, 5.74) is 4.26. The Morgan fingerprint density at radius 3 is 2.14 bits per heavy atom. The van der Waals surface area contributed by atoms with Crippen LogP contribution >= 0.6 is 0 Å². The number of rotatable bonds is 5. The Morgan fingerprint density at radius 2 is 1.71 bits per heavy atom. The summed E-state index contributed by atoms with van der Waals surface area (Å²) in [5, 5.41) is 8.25. The van der Waals surface area contributed by atoms with E-state index >= 15 is 0 Å². The molecule has 0 amide bonds. The lowest BCUT2D eigenvalue weighted by Gasteiger charge is -2.19. The van der Waals surface area contributed by atoms with Crippen LogP contribution in [0.2, 0.25) is 0 Å². The molecule has 14 heavy (non-hydrogen) atoms. The smallest absolute Gasteiger partial charge is 0.321 e. The van der Waals surface area contributed by atoms with Crippen LogP contribution in [-0.2, 0) is 14.3 Å². The molecule has 82 valence electrons. The van der Waals surface area contributed by atoms with Crippen molar-refractivity contribution >= 4 is 11.9 Å². The number of hydrogen-bond donors (Lipinski definition) is 3. The van der Waals surface area contributed by atoms with Crippen LogP contribution in [0.5, 0.6) is 0 Å². The van der Waals surface area contributed by atoms with E-state index in [-0.39, 0.29) is 13.1 Å². The number of hydrazine groups is 1. The molecule has 0 aliphatic carbocycles. The number of carbonyl (C=O) groups excluding carboxylic acids is 1. The average Bonchev–Trinajstić information content (AvgIpc) is 1.94. The Hall–Kier alpha value is -1.14. The SMILES string of the molecule is CC(C)(C)OC(=O)CNNCC(=O)O. The third-order valence-corrected chi connectivity index (χ3v) is 1.02. The Bertz CT molecular complexity index is 210. The first-order chi connectivity index (χ1) is 6.31. The number of ether oxygens (including phenoxy) is 1. The molecule has 3 N–H and O–H groups in total. The van der Waals surface area contributed by atoms with Crippen LogP contribution in [0.3, 0.4) is 0 Å². The number of esters is 1. The average molecular weight is 204 g/mol. The maximum Gasteiger partial charge on any atom is 0.321 e. The fraction of sp³-hybridized carbons (Fsp3) is 0.750. The maximum absolute atomic E-state index is 11.0. The van der Waals surface area contributed by atoms with Gasteiger partial charge in [0.25, 0.3) is 0 Å². The fourth-order valence-corrected chi connectivity index (χ4v) is 0.650. The molecule has 0 aliphatic heterocycles. The highest BCUT2D eigenvalue weighted by atomic mass is 16.6. The van der Waals surface area contributed by atoms with Gasteiger partial charge >= 0.3 is 11.9 Å². The van der Waals surface area contributed by atoms with E-state index < -0.39 is 17.5 Å². The maximum atomic E-state index is 11.0. The van der Waals surface area contributed by atoms with Crippen molar-refractivity contribution < 1.29 is 19.4 Å². The van der Waals surface area contributed by atoms with Crippen LogP contribution in [-0.4, -0.2) is 35.7 Å². The quantitative estimate of drug-likeness (QED) is 0.318. The molecule has 0 heterocycles. The molecule has 0 atom stereocenters. The number of aliphatic carboxylic acids is 1. The molecule has 0 aromatic heterocycles. The molecule has 0 radical (unpaired) electrons. The molecular formula is C8H16N2O4. The second-order valence-electron chi connectivity index (χ2n) is 3.69. The van der Waals surface area contributed by atoms with E-state index in [0.717, 1.165) is 0 Å². The highest BCUT2D eigenvalue weighted by Gasteiger charge is 2.15. The Labute approximate surface area is 82.6 Å². The van der Waals surface area contributed by atoms with Gasteiger partial charge in [-0.1, -0.05) is 0 Å². The number of carboxylic acids is 1. The zero-order chi connectivity index (χ0) is 11.2. The van der Waals surface area contributed by atoms with E-state index in [0.29, 0.717) is 0 Å². The normalized spacial score (nSPS) is 11.1. The first kappa shape index (κ1) is 12.9. The minimum atomic E-state index is -0.998. The summed E-state index contributed by atoms with van der Waals surface area (Å²) in [5.74, 6) is -1.43. The van der Waals surface area contributed by atoms with E-state index in [9.17, 15) is 9.59 Å². The lowest BCUT2D eigenvalue weighted by Crippen LogP contribution is -2.41. The number of nitrogens with one attached hydrogen (secondary N) is 2. The molecular weight excluding hydrogens is 188 g/mol. The molecule has 0 bridgehead atoms. The largest absolute Gasteiger partial charge is 0.480 e. The second kappa shape index (κ2) is 5.56. The fourth-order valence-electron chi connectivity index (χ4n) is 0.650. The van der Waals surface area contributed by atoms with Crippen LogP contribution in [0.15, 0.2) is 0 Å². The van der Waals surface area contributed by atoms with Crippen molar-refractivity contribution in [1.82, 2.24) is 10.9 Å². The molecule has 0 saturated carbocycles. The van der Waals surface area contributed by atoms with Gasteiger partial charge in [-0.15, -0.1) is 0 Å². The van der Waals surface area contributed by atoms with Crippen molar-refractivity contribution in [2.75, 3.05) is 13.1 Å². The summed E-state index contributed by atoms with van der Waals surface area (Å²) in [6, 6.07) is 0. The predicted molar refractivity (Wildman–Crippen MR) is 49.5 cm³/mol. The van der Waals surface area contributed by atoms with Gasteiger partial charge in [0, 0.05) is 0 Å². The standard InChI is InChI=1S/C8H16N2O4/c1-8(2,3)14-7(13)5-10-9-4-6(11)12/h9-10H,4-5H2,1-3H3,(H,11,12). The Balaban J connectivity index is 3.50. The van der Waals surface area contributed by atoms with Gasteiger partial charge in [-0.3, -0.25) is 9.59 Å². The van der Waals surface area contributed by atoms with E-state index in [1.165, 1.54) is 0 Å². The summed E-state index contributed by atoms with van der Waals surface area (Å²) in [4.78, 5) is 21.1. The minimum Gasteiger partial charge on any atom is -0.480 e. The molecule has 0 fully saturated rings. The zero-order valence-electron chi connectivity index (χ0n) is 8.59. The van der Waals surface area contributed by atoms with Gasteiger partial charge in [0.2, 0.25) is 0 Å². The van der Waals surface area contributed by atoms with Crippen molar-refractivity contribution in [3.8, 4) is 0 Å². The first-order valence-electron chi connectivity index (χ1n) is 4.20. The van der Waals surface area contributed by atoms with Crippen molar-refractivity contribution in [2.45, 2.75) is 26.4 Å². The highest BCUT2D eigenvalue weighted by molar-refractivity contribution is 5.72. The first-order valence-corrected chi connectivity index (χ1v) is 4.20. The third kappa shape index (κ3) is 8.95. The van der Waals surface area contributed by atoms with E-state index in [1.54, 1.807) is 20.8 Å². The van der Waals surface area contributed by atoms with Crippen molar-refractivity contribution in [3.63, 3.8) is 0 Å². The third-order valence-electron chi connectivity index (χ3n) is 1.02. The van der Waals surface area contributed by atoms with Gasteiger partial charge in [0.05, 0.1) is 0 Å². The predicted octanol–water partition coefficient (Wildman–Crippen LogP) is -0.493. The summed E-state index contributed by atoms with van der Waals surface area (Å²) in [6.07, 6.45) is 0. The Morgan fingerprint density at radius 1 is 1.21 bits per heavy atom. The topological polar surface area (TPSA) is 87.7 Å². The molecule has 0 aliphatic rings. The van der Waals surface area contributed by atoms with E-state index in [2.05, 4.69) is 10.9 Å². The number of carbonyl (C=O) groups is 2. The molecule has 0 saturated heterocycles. The molecule has 0 unspecified atom stereocenters. The lowest BCUT2D eigenvalue weighted by atomic mass is 10.2. The van der Waals surface area contributed by atoms with Gasteiger partial charge in [-0.2, -0.15) is 0 Å². The summed E-state index contributed by atoms with van der Waals surface area (Å²) in [6.45, 7) is 4.97. The monoisotopic (exact) mass is 204 g/mol. The summed E-state index contributed by atoms with van der Waals surface area (Å²) in [7, 11) is 0. The van der Waals surface area contributed by atoms with Crippen molar-refractivity contribution in [1.29, 1.82) is 0 Å². The van der Waals surface area contributed by atoms with Crippen LogP contribution in [0, 0.1) is 0 Å². The van der Waals surface area contributed by atoms with Gasteiger partial charge in [-0.25, -0.2) is 10.9 Å². The van der Waals surface area contributed by atoms with Crippen LogP contribution in [0.1, 0.15) is 20.8 Å². The van der Waals surface area contributed by atoms with Gasteiger partial charge in [-0.05, 0) is 20.8 Å². The van der Waals surface area contributed by atoms with Crippen LogP contribution < -0.4 is 10.9 Å². The minimum absolute atomic E-state index is 0.0649. The summed E-state index contributed by atoms with van der Waals surface area (Å²) >= 11 is 0. The highest BCUT2D eigenvalue weighted by Crippen LogP contribution is 2.05. The molecule has 6 heteroatoms. The summed E-state index contributed by atoms with van der Waals surface area (Å²) < 4.78 is 4.96. The van der Waals surface area contributed by atoms with E-state index in [1.807, 2.05) is 0 Å². The second-order valence-corrected chi connectivity index (χ2v) is 3.69. The van der Waals surface area contributed by atoms with Gasteiger partial charge in [0.15, 0.2) is 0 Å². The lowest BCUT2D eigenvalue weighted by molar-refractivity contribution is -0.154. The number of hydrogen-bond acceptors (Lipinski definition) is 5. The molecule has 0 aromatic carbocycles. The number of carboxylic acid groups (broad SMARTS) is 1. The van der Waals surface area contributed by atoms with E-state index in [4.69, 9.17) is 9.84 Å². The Kier molecular flexibility index (Phi) is 5.11. The zero-order valence-corrected chi connectivity index (χ0v) is 8.59. The van der Waals surface area contributed by atoms with Crippen LogP contribution in [0.4, 0.5) is 0 Å². The van der Waals surface area contributed by atoms with Gasteiger partial charge in [0.1, 0.15) is 18.7 Å². The van der Waals surface area contributed by atoms with Crippen LogP contribution in [0.25, 0.3) is 0 Å². The van der Waals surface area contributed by atoms with Crippen molar-refractivity contribution in [3.05, 3.63) is 0 Å². The molecule has 0 spiro atoms.